The lowest BCUT2D eigenvalue weighted by Crippen LogP contribution is -2.37. The van der Waals surface area contributed by atoms with E-state index in [1.807, 2.05) is 0 Å². The van der Waals surface area contributed by atoms with E-state index in [4.69, 9.17) is 0 Å². The van der Waals surface area contributed by atoms with Gasteiger partial charge in [0.25, 0.3) is 0 Å². The third kappa shape index (κ3) is 4.78. The molecule has 12 heteroatoms. The normalized spacial score (nSPS) is 23.9. The molecule has 6 nitrogen and oxygen atoms in total. The molecule has 2 aromatic heterocycles. The van der Waals surface area contributed by atoms with E-state index < -0.39 is 23.5 Å². The Morgan fingerprint density at radius 1 is 0.972 bits per heavy atom. The van der Waals surface area contributed by atoms with E-state index in [1.54, 1.807) is 41.4 Å². The Bertz CT molecular complexity index is 1220. The molecule has 1 saturated heterocycles. The minimum Gasteiger partial charge on any atom is -0.332 e. The van der Waals surface area contributed by atoms with Gasteiger partial charge in [-0.1, -0.05) is 6.92 Å². The van der Waals surface area contributed by atoms with Crippen molar-refractivity contribution in [1.29, 1.82) is 0 Å². The molecule has 3 heterocycles. The minimum atomic E-state index is -4.91. The summed E-state index contributed by atoms with van der Waals surface area (Å²) in [6, 6.07) is 1.49. The molecule has 3 atom stereocenters. The number of nitrogens with one attached hydrogen (secondary N) is 1. The molecule has 3 aromatic rings. The highest BCUT2D eigenvalue weighted by atomic mass is 19.4. The molecule has 5 rings (SSSR count). The van der Waals surface area contributed by atoms with Crippen LogP contribution in [0.25, 0.3) is 11.1 Å². The Labute approximate surface area is 203 Å². The van der Waals surface area contributed by atoms with Crippen molar-refractivity contribution in [3.63, 3.8) is 0 Å². The van der Waals surface area contributed by atoms with Crippen LogP contribution in [0.3, 0.4) is 0 Å². The van der Waals surface area contributed by atoms with Crippen LogP contribution in [0.1, 0.15) is 36.5 Å². The number of benzene rings is 1. The Morgan fingerprint density at radius 2 is 1.58 bits per heavy atom. The zero-order valence-electron chi connectivity index (χ0n) is 19.5. The maximum Gasteiger partial charge on any atom is 0.416 e. The standard InChI is InChI=1S/C24H24F6N6/c1-14-6-22(14)7-20(11-33-22)36(21-31-8-16(9-32-21)17-10-34-35(2)13-17)12-15-3-18(23(25,26)27)5-19(4-15)24(28,29)30/h3-5,8-10,13-14,20,33H,6-7,11-12H2,1-2H3/t14?,20-,22?/m0/s1. The van der Waals surface area contributed by atoms with Crippen LogP contribution in [0.2, 0.25) is 0 Å². The summed E-state index contributed by atoms with van der Waals surface area (Å²) in [7, 11) is 1.77. The summed E-state index contributed by atoms with van der Waals surface area (Å²) in [6.45, 7) is 2.44. The number of alkyl halides is 6. The topological polar surface area (TPSA) is 58.9 Å². The van der Waals surface area contributed by atoms with Crippen LogP contribution in [0.4, 0.5) is 32.3 Å². The Morgan fingerprint density at radius 3 is 2.06 bits per heavy atom. The van der Waals surface area contributed by atoms with E-state index in [1.165, 1.54) is 0 Å². The fourth-order valence-electron chi connectivity index (χ4n) is 4.98. The average Bonchev–Trinajstić information content (AvgIpc) is 3.13. The van der Waals surface area contributed by atoms with Crippen molar-refractivity contribution in [1.82, 2.24) is 25.1 Å². The van der Waals surface area contributed by atoms with Crippen LogP contribution in [-0.2, 0) is 25.9 Å². The monoisotopic (exact) mass is 510 g/mol. The summed E-state index contributed by atoms with van der Waals surface area (Å²) in [5, 5.41) is 7.60. The fraction of sp³-hybridized carbons (Fsp3) is 0.458. The first-order valence-corrected chi connectivity index (χ1v) is 11.5. The maximum absolute atomic E-state index is 13.4. The Hall–Kier alpha value is -3.15. The van der Waals surface area contributed by atoms with E-state index in [-0.39, 0.29) is 35.7 Å². The van der Waals surface area contributed by atoms with E-state index >= 15 is 0 Å². The highest BCUT2D eigenvalue weighted by Crippen LogP contribution is 2.50. The number of rotatable bonds is 5. The van der Waals surface area contributed by atoms with Crippen LogP contribution in [0.5, 0.6) is 0 Å². The summed E-state index contributed by atoms with van der Waals surface area (Å²) in [4.78, 5) is 10.6. The molecular formula is C24H24F6N6. The number of hydrogen-bond acceptors (Lipinski definition) is 5. The first kappa shape index (κ1) is 24.5. The highest BCUT2D eigenvalue weighted by molar-refractivity contribution is 5.60. The summed E-state index contributed by atoms with van der Waals surface area (Å²) in [6.07, 6.45) is -1.55. The van der Waals surface area contributed by atoms with E-state index in [0.717, 1.165) is 24.1 Å². The van der Waals surface area contributed by atoms with E-state index in [9.17, 15) is 26.3 Å². The molecule has 0 bridgehead atoms. The average molecular weight is 510 g/mol. The van der Waals surface area contributed by atoms with Crippen molar-refractivity contribution in [3.05, 3.63) is 59.7 Å². The van der Waals surface area contributed by atoms with Crippen molar-refractivity contribution in [2.45, 2.75) is 50.2 Å². The van der Waals surface area contributed by atoms with E-state index in [0.29, 0.717) is 24.4 Å². The largest absolute Gasteiger partial charge is 0.416 e. The van der Waals surface area contributed by atoms with E-state index in [2.05, 4.69) is 27.3 Å². The van der Waals surface area contributed by atoms with Crippen molar-refractivity contribution < 1.29 is 26.3 Å². The van der Waals surface area contributed by atoms with Gasteiger partial charge in [-0.15, -0.1) is 0 Å². The zero-order valence-corrected chi connectivity index (χ0v) is 19.5. The van der Waals surface area contributed by atoms with Gasteiger partial charge >= 0.3 is 12.4 Å². The van der Waals surface area contributed by atoms with Crippen molar-refractivity contribution in [2.24, 2.45) is 13.0 Å². The molecule has 1 N–H and O–H groups in total. The SMILES string of the molecule is CC1CC12C[C@H](N(Cc1cc(C(F)(F)F)cc(C(F)(F)F)c1)c1ncc(-c3cnn(C)c3)cn1)CN2. The van der Waals surface area contributed by atoms with Gasteiger partial charge in [-0.05, 0) is 42.5 Å². The predicted octanol–water partition coefficient (Wildman–Crippen LogP) is 5.06. The van der Waals surface area contributed by atoms with Gasteiger partial charge in [-0.25, -0.2) is 9.97 Å². The lowest BCUT2D eigenvalue weighted by Gasteiger charge is -2.29. The summed E-state index contributed by atoms with van der Waals surface area (Å²) in [5.74, 6) is 0.689. The summed E-state index contributed by atoms with van der Waals surface area (Å²) < 4.78 is 82.2. The smallest absolute Gasteiger partial charge is 0.332 e. The van der Waals surface area contributed by atoms with Crippen LogP contribution >= 0.6 is 0 Å². The molecule has 0 radical (unpaired) electrons. The number of aromatic nitrogens is 4. The second-order valence-electron chi connectivity index (χ2n) is 9.72. The van der Waals surface area contributed by atoms with Crippen molar-refractivity contribution in [2.75, 3.05) is 11.4 Å². The molecule has 1 saturated carbocycles. The molecule has 0 amide bonds. The lowest BCUT2D eigenvalue weighted by molar-refractivity contribution is -0.143. The summed E-state index contributed by atoms with van der Waals surface area (Å²) >= 11 is 0. The molecule has 36 heavy (non-hydrogen) atoms. The highest BCUT2D eigenvalue weighted by Gasteiger charge is 2.56. The van der Waals surface area contributed by atoms with Gasteiger partial charge in [0.05, 0.1) is 17.3 Å². The quantitative estimate of drug-likeness (QED) is 0.487. The third-order valence-electron chi connectivity index (χ3n) is 7.12. The molecule has 2 aliphatic rings. The molecule has 1 aliphatic carbocycles. The van der Waals surface area contributed by atoms with Gasteiger partial charge in [-0.3, -0.25) is 4.68 Å². The molecule has 192 valence electrons. The molecule has 2 fully saturated rings. The number of hydrogen-bond donors (Lipinski definition) is 1. The van der Waals surface area contributed by atoms with Gasteiger partial charge in [0.1, 0.15) is 0 Å². The predicted molar refractivity (Wildman–Crippen MR) is 120 cm³/mol. The second-order valence-corrected chi connectivity index (χ2v) is 9.72. The number of halogens is 6. The van der Waals surface area contributed by atoms with Gasteiger partial charge in [0, 0.05) is 61.4 Å². The number of nitrogens with zero attached hydrogens (tertiary/aromatic N) is 5. The van der Waals surface area contributed by atoms with Crippen molar-refractivity contribution >= 4 is 5.95 Å². The van der Waals surface area contributed by atoms with Gasteiger partial charge < -0.3 is 10.2 Å². The third-order valence-corrected chi connectivity index (χ3v) is 7.12. The maximum atomic E-state index is 13.4. The molecule has 1 aromatic carbocycles. The zero-order chi connectivity index (χ0) is 25.9. The van der Waals surface area contributed by atoms with Crippen molar-refractivity contribution in [3.8, 4) is 11.1 Å². The minimum absolute atomic E-state index is 0.0521. The fourth-order valence-corrected chi connectivity index (χ4v) is 4.98. The lowest BCUT2D eigenvalue weighted by atomic mass is 10.0. The number of anilines is 1. The summed E-state index contributed by atoms with van der Waals surface area (Å²) in [5.41, 5.74) is -1.35. The van der Waals surface area contributed by atoms with Gasteiger partial charge in [0.2, 0.25) is 5.95 Å². The van der Waals surface area contributed by atoms with Gasteiger partial charge in [-0.2, -0.15) is 31.4 Å². The Kier molecular flexibility index (Phi) is 5.77. The van der Waals surface area contributed by atoms with Gasteiger partial charge in [0.15, 0.2) is 0 Å². The first-order chi connectivity index (χ1) is 16.8. The molecule has 1 spiro atoms. The molecule has 1 aliphatic heterocycles. The molecular weight excluding hydrogens is 486 g/mol. The van der Waals surface area contributed by atoms with Crippen LogP contribution in [0, 0.1) is 5.92 Å². The second kappa shape index (κ2) is 8.46. The van der Waals surface area contributed by atoms with Crippen LogP contribution < -0.4 is 10.2 Å². The molecule has 2 unspecified atom stereocenters. The number of aryl methyl sites for hydroxylation is 1. The Balaban J connectivity index is 1.50. The first-order valence-electron chi connectivity index (χ1n) is 11.5. The van der Waals surface area contributed by atoms with Crippen LogP contribution in [-0.4, -0.2) is 37.9 Å². The van der Waals surface area contributed by atoms with Crippen LogP contribution in [0.15, 0.2) is 43.0 Å².